The molecule has 0 aliphatic carbocycles. The van der Waals surface area contributed by atoms with Crippen LogP contribution in [-0.2, 0) is 16.8 Å². The molecule has 2 aromatic carbocycles. The third-order valence-electron chi connectivity index (χ3n) is 6.56. The number of aryl methyl sites for hydroxylation is 1. The Hall–Kier alpha value is -2.96. The Balaban J connectivity index is 1.38. The number of benzene rings is 2. The molecule has 37 heavy (non-hydrogen) atoms. The van der Waals surface area contributed by atoms with Crippen LogP contribution in [0.5, 0.6) is 11.5 Å². The predicted molar refractivity (Wildman–Crippen MR) is 149 cm³/mol. The lowest BCUT2D eigenvalue weighted by atomic mass is 9.78. The maximum Gasteiger partial charge on any atom is 0.132 e. The van der Waals surface area contributed by atoms with Crippen LogP contribution in [0.25, 0.3) is 0 Å². The number of ether oxygens (including phenoxy) is 3. The van der Waals surface area contributed by atoms with E-state index in [9.17, 15) is 0 Å². The zero-order chi connectivity index (χ0) is 26.3. The molecule has 0 aliphatic rings. The first-order chi connectivity index (χ1) is 18.0. The Morgan fingerprint density at radius 1 is 0.703 bits per heavy atom. The average molecular weight is 506 g/mol. The lowest BCUT2D eigenvalue weighted by Gasteiger charge is -2.26. The molecule has 6 nitrogen and oxygen atoms in total. The normalized spacial score (nSPS) is 11.5. The van der Waals surface area contributed by atoms with E-state index < -0.39 is 0 Å². The van der Waals surface area contributed by atoms with Gasteiger partial charge in [0.1, 0.15) is 18.1 Å². The van der Waals surface area contributed by atoms with Gasteiger partial charge in [-0.3, -0.25) is 9.97 Å². The van der Waals surface area contributed by atoms with Gasteiger partial charge in [-0.15, -0.1) is 0 Å². The molecule has 0 aliphatic heterocycles. The van der Waals surface area contributed by atoms with Gasteiger partial charge in [-0.2, -0.15) is 0 Å². The smallest absolute Gasteiger partial charge is 0.132 e. The topological polar surface area (TPSA) is 79.5 Å². The van der Waals surface area contributed by atoms with Crippen LogP contribution in [-0.4, -0.2) is 36.3 Å². The van der Waals surface area contributed by atoms with E-state index in [1.807, 2.05) is 19.1 Å². The van der Waals surface area contributed by atoms with Crippen molar-refractivity contribution in [1.29, 1.82) is 0 Å². The van der Waals surface area contributed by atoms with Gasteiger partial charge in [0.15, 0.2) is 0 Å². The maximum absolute atomic E-state index is 5.98. The molecule has 0 spiro atoms. The first kappa shape index (κ1) is 28.6. The minimum absolute atomic E-state index is 0.131. The van der Waals surface area contributed by atoms with Crippen molar-refractivity contribution in [3.8, 4) is 11.5 Å². The van der Waals surface area contributed by atoms with Crippen molar-refractivity contribution in [1.82, 2.24) is 9.97 Å². The molecule has 3 rings (SSSR count). The number of hydrogen-bond donors (Lipinski definition) is 1. The summed E-state index contributed by atoms with van der Waals surface area (Å²) in [7, 11) is 0. The molecule has 0 saturated heterocycles. The molecule has 0 fully saturated rings. The molecule has 1 heterocycles. The number of aromatic nitrogens is 2. The zero-order valence-corrected chi connectivity index (χ0v) is 22.7. The van der Waals surface area contributed by atoms with Crippen molar-refractivity contribution < 1.29 is 14.2 Å². The van der Waals surface area contributed by atoms with E-state index in [0.29, 0.717) is 19.8 Å². The zero-order valence-electron chi connectivity index (χ0n) is 22.7. The summed E-state index contributed by atoms with van der Waals surface area (Å²) in [5.41, 5.74) is 9.48. The van der Waals surface area contributed by atoms with Gasteiger partial charge in [-0.1, -0.05) is 63.8 Å². The molecule has 6 heteroatoms. The van der Waals surface area contributed by atoms with Crippen LogP contribution in [0.3, 0.4) is 0 Å². The number of nitrogens with two attached hydrogens (primary N) is 1. The Labute approximate surface area is 222 Å². The fraction of sp³-hybridized carbons (Fsp3) is 0.484. The molecule has 0 bridgehead atoms. The number of nitrogens with zero attached hydrogens (tertiary/aromatic N) is 2. The maximum atomic E-state index is 5.98. The van der Waals surface area contributed by atoms with Gasteiger partial charge in [0.25, 0.3) is 0 Å². The summed E-state index contributed by atoms with van der Waals surface area (Å²) in [6.07, 6.45) is 10.6. The number of unbranched alkanes of at least 4 members (excludes halogenated alkanes) is 5. The van der Waals surface area contributed by atoms with E-state index in [1.54, 1.807) is 12.4 Å². The molecule has 200 valence electrons. The lowest BCUT2D eigenvalue weighted by molar-refractivity contribution is 0.137. The van der Waals surface area contributed by atoms with E-state index >= 15 is 0 Å². The SMILES string of the molecule is Cc1cncc(COc2ccc(C(C)(C)c3ccc(OCCCCCCCCOCCN)cc3)cc2)n1. The van der Waals surface area contributed by atoms with Crippen molar-refractivity contribution in [3.05, 3.63) is 83.4 Å². The molecule has 0 amide bonds. The van der Waals surface area contributed by atoms with Gasteiger partial charge in [0, 0.05) is 24.8 Å². The molecule has 2 N–H and O–H groups in total. The number of hydrogen-bond acceptors (Lipinski definition) is 6. The van der Waals surface area contributed by atoms with Crippen LogP contribution in [0.1, 0.15) is 74.9 Å². The highest BCUT2D eigenvalue weighted by Crippen LogP contribution is 2.33. The van der Waals surface area contributed by atoms with Gasteiger partial charge in [0.2, 0.25) is 0 Å². The first-order valence-corrected chi connectivity index (χ1v) is 13.5. The van der Waals surface area contributed by atoms with Crippen molar-refractivity contribution in [3.63, 3.8) is 0 Å². The summed E-state index contributed by atoms with van der Waals surface area (Å²) in [6, 6.07) is 16.8. The van der Waals surface area contributed by atoms with Crippen LogP contribution in [0.15, 0.2) is 60.9 Å². The van der Waals surface area contributed by atoms with E-state index in [-0.39, 0.29) is 5.41 Å². The number of rotatable bonds is 17. The fourth-order valence-corrected chi connectivity index (χ4v) is 4.23. The fourth-order valence-electron chi connectivity index (χ4n) is 4.23. The molecule has 1 aromatic heterocycles. The highest BCUT2D eigenvalue weighted by molar-refractivity contribution is 5.41. The molecular weight excluding hydrogens is 462 g/mol. The Morgan fingerprint density at radius 2 is 1.27 bits per heavy atom. The van der Waals surface area contributed by atoms with Crippen molar-refractivity contribution in [2.45, 2.75) is 71.3 Å². The summed E-state index contributed by atoms with van der Waals surface area (Å²) < 4.78 is 17.3. The molecule has 0 radical (unpaired) electrons. The first-order valence-electron chi connectivity index (χ1n) is 13.5. The Bertz CT molecular complexity index is 1040. The van der Waals surface area contributed by atoms with E-state index in [2.05, 4.69) is 60.2 Å². The van der Waals surface area contributed by atoms with Crippen molar-refractivity contribution >= 4 is 0 Å². The highest BCUT2D eigenvalue weighted by atomic mass is 16.5. The predicted octanol–water partition coefficient (Wildman–Crippen LogP) is 6.38. The summed E-state index contributed by atoms with van der Waals surface area (Å²) in [4.78, 5) is 8.60. The quantitative estimate of drug-likeness (QED) is 0.214. The minimum Gasteiger partial charge on any atom is -0.494 e. The Kier molecular flexibility index (Phi) is 11.9. The third kappa shape index (κ3) is 9.78. The molecule has 0 saturated carbocycles. The van der Waals surface area contributed by atoms with E-state index in [1.165, 1.54) is 36.8 Å². The van der Waals surface area contributed by atoms with E-state index in [0.717, 1.165) is 48.9 Å². The van der Waals surface area contributed by atoms with Gasteiger partial charge in [-0.25, -0.2) is 0 Å². The monoisotopic (exact) mass is 505 g/mol. The largest absolute Gasteiger partial charge is 0.494 e. The molecule has 0 unspecified atom stereocenters. The van der Waals surface area contributed by atoms with Crippen LogP contribution in [0.2, 0.25) is 0 Å². The van der Waals surface area contributed by atoms with Crippen LogP contribution in [0, 0.1) is 6.92 Å². The van der Waals surface area contributed by atoms with E-state index in [4.69, 9.17) is 19.9 Å². The second-order valence-corrected chi connectivity index (χ2v) is 9.99. The molecule has 3 aromatic rings. The summed E-state index contributed by atoms with van der Waals surface area (Å²) in [5, 5.41) is 0. The van der Waals surface area contributed by atoms with Gasteiger partial charge in [-0.05, 0) is 55.2 Å². The van der Waals surface area contributed by atoms with Gasteiger partial charge in [0.05, 0.1) is 30.8 Å². The van der Waals surface area contributed by atoms with Gasteiger partial charge >= 0.3 is 0 Å². The van der Waals surface area contributed by atoms with Crippen LogP contribution in [0.4, 0.5) is 0 Å². The summed E-state index contributed by atoms with van der Waals surface area (Å²) >= 11 is 0. The molecule has 0 atom stereocenters. The second-order valence-electron chi connectivity index (χ2n) is 9.99. The second kappa shape index (κ2) is 15.3. The minimum atomic E-state index is -0.131. The Morgan fingerprint density at radius 3 is 1.86 bits per heavy atom. The van der Waals surface area contributed by atoms with Crippen molar-refractivity contribution in [2.75, 3.05) is 26.4 Å². The lowest BCUT2D eigenvalue weighted by Crippen LogP contribution is -2.18. The third-order valence-corrected chi connectivity index (χ3v) is 6.56. The van der Waals surface area contributed by atoms with Crippen LogP contribution < -0.4 is 15.2 Å². The van der Waals surface area contributed by atoms with Crippen LogP contribution >= 0.6 is 0 Å². The van der Waals surface area contributed by atoms with Gasteiger partial charge < -0.3 is 19.9 Å². The summed E-state index contributed by atoms with van der Waals surface area (Å²) in [6.45, 7) is 9.69. The standard InChI is InChI=1S/C31H43N3O3/c1-25-22-33-23-28(34-25)24-37-30-16-12-27(13-17-30)31(2,3)26-10-14-29(15-11-26)36-20-9-7-5-4-6-8-19-35-21-18-32/h10-17,22-23H,4-9,18-21,24,32H2,1-3H3. The average Bonchev–Trinajstić information content (AvgIpc) is 2.91. The summed E-state index contributed by atoms with van der Waals surface area (Å²) in [5.74, 6) is 1.75. The van der Waals surface area contributed by atoms with Crippen molar-refractivity contribution in [2.24, 2.45) is 5.73 Å². The molecular formula is C31H43N3O3. The highest BCUT2D eigenvalue weighted by Gasteiger charge is 2.23.